The third-order valence-electron chi connectivity index (χ3n) is 2.12. The number of hydrogen-bond donors (Lipinski definition) is 4. The van der Waals surface area contributed by atoms with Crippen molar-refractivity contribution in [3.63, 3.8) is 0 Å². The van der Waals surface area contributed by atoms with Crippen molar-refractivity contribution in [2.45, 2.75) is 6.42 Å². The van der Waals surface area contributed by atoms with Crippen LogP contribution in [0.15, 0.2) is 18.2 Å². The standard InChI is InChI=1S/C8H12N2O2S/c9-7-2-1-3-8-6(7)4-5-13(11,12)10-8/h1-3,10-12H,4-5,9H2. The highest BCUT2D eigenvalue weighted by Gasteiger charge is 2.21. The van der Waals surface area contributed by atoms with Gasteiger partial charge in [0.2, 0.25) is 0 Å². The van der Waals surface area contributed by atoms with Crippen LogP contribution in [-0.2, 0) is 6.42 Å². The van der Waals surface area contributed by atoms with Crippen molar-refractivity contribution in [2.24, 2.45) is 0 Å². The summed E-state index contributed by atoms with van der Waals surface area (Å²) in [6.45, 7) is 0. The monoisotopic (exact) mass is 200 g/mol. The highest BCUT2D eigenvalue weighted by molar-refractivity contribution is 8.25. The maximum Gasteiger partial charge on any atom is 0.0618 e. The number of nitrogens with one attached hydrogen (secondary N) is 1. The molecule has 0 fully saturated rings. The van der Waals surface area contributed by atoms with Crippen molar-refractivity contribution in [3.8, 4) is 0 Å². The Morgan fingerprint density at radius 1 is 1.38 bits per heavy atom. The van der Waals surface area contributed by atoms with E-state index < -0.39 is 10.8 Å². The van der Waals surface area contributed by atoms with Gasteiger partial charge in [-0.3, -0.25) is 13.8 Å². The molecule has 1 heterocycles. The van der Waals surface area contributed by atoms with Gasteiger partial charge in [0.05, 0.1) is 11.4 Å². The largest absolute Gasteiger partial charge is 0.398 e. The summed E-state index contributed by atoms with van der Waals surface area (Å²) in [5.41, 5.74) is 8.17. The summed E-state index contributed by atoms with van der Waals surface area (Å²) in [4.78, 5) is 0. The molecule has 0 atom stereocenters. The van der Waals surface area contributed by atoms with Crippen LogP contribution in [-0.4, -0.2) is 14.9 Å². The summed E-state index contributed by atoms with van der Waals surface area (Å²) in [5, 5.41) is 0. The van der Waals surface area contributed by atoms with E-state index in [2.05, 4.69) is 4.72 Å². The molecule has 0 amide bonds. The molecule has 0 bridgehead atoms. The van der Waals surface area contributed by atoms with E-state index in [1.807, 2.05) is 6.07 Å². The van der Waals surface area contributed by atoms with E-state index in [0.29, 0.717) is 17.9 Å². The molecule has 2 rings (SSSR count). The summed E-state index contributed by atoms with van der Waals surface area (Å²) in [6, 6.07) is 5.42. The fourth-order valence-corrected chi connectivity index (χ4v) is 2.59. The molecule has 1 aliphatic rings. The summed E-state index contributed by atoms with van der Waals surface area (Å²) in [5.74, 6) is 0.341. The summed E-state index contributed by atoms with van der Waals surface area (Å²) in [7, 11) is -2.62. The molecule has 0 unspecified atom stereocenters. The van der Waals surface area contributed by atoms with Crippen LogP contribution in [0.2, 0.25) is 0 Å². The van der Waals surface area contributed by atoms with E-state index in [1.165, 1.54) is 0 Å². The Morgan fingerprint density at radius 3 is 2.92 bits per heavy atom. The minimum atomic E-state index is -2.62. The van der Waals surface area contributed by atoms with Crippen molar-refractivity contribution < 1.29 is 9.11 Å². The maximum absolute atomic E-state index is 9.40. The van der Waals surface area contributed by atoms with Crippen molar-refractivity contribution >= 4 is 22.2 Å². The molecule has 0 saturated carbocycles. The Labute approximate surface area is 78.2 Å². The lowest BCUT2D eigenvalue weighted by molar-refractivity contribution is 0.492. The quantitative estimate of drug-likeness (QED) is 0.482. The molecule has 5 heteroatoms. The Balaban J connectivity index is 2.42. The summed E-state index contributed by atoms with van der Waals surface area (Å²) in [6.07, 6.45) is 0.622. The van der Waals surface area contributed by atoms with Gasteiger partial charge in [-0.05, 0) is 18.6 Å². The highest BCUT2D eigenvalue weighted by Crippen LogP contribution is 2.45. The molecule has 4 nitrogen and oxygen atoms in total. The average Bonchev–Trinajstić information content (AvgIpc) is 2.02. The van der Waals surface area contributed by atoms with E-state index in [9.17, 15) is 9.11 Å². The molecule has 5 N–H and O–H groups in total. The van der Waals surface area contributed by atoms with Crippen molar-refractivity contribution in [2.75, 3.05) is 16.2 Å². The van der Waals surface area contributed by atoms with Crippen LogP contribution in [0.5, 0.6) is 0 Å². The highest BCUT2D eigenvalue weighted by atomic mass is 32.3. The zero-order valence-electron chi connectivity index (χ0n) is 7.03. The van der Waals surface area contributed by atoms with Gasteiger partial charge in [-0.25, -0.2) is 0 Å². The number of hydrogen-bond acceptors (Lipinski definition) is 4. The lowest BCUT2D eigenvalue weighted by Crippen LogP contribution is -2.21. The Morgan fingerprint density at radius 2 is 2.15 bits per heavy atom. The van der Waals surface area contributed by atoms with Gasteiger partial charge in [-0.1, -0.05) is 6.07 Å². The zero-order chi connectivity index (χ0) is 9.47. The second-order valence-electron chi connectivity index (χ2n) is 3.10. The van der Waals surface area contributed by atoms with Gasteiger partial charge in [0.1, 0.15) is 0 Å². The first-order valence-corrected chi connectivity index (χ1v) is 5.71. The normalized spacial score (nSPS) is 21.4. The van der Waals surface area contributed by atoms with E-state index >= 15 is 0 Å². The summed E-state index contributed by atoms with van der Waals surface area (Å²) < 4.78 is 21.5. The van der Waals surface area contributed by atoms with Gasteiger partial charge in [-0.2, -0.15) is 0 Å². The van der Waals surface area contributed by atoms with Crippen molar-refractivity contribution in [1.29, 1.82) is 0 Å². The lowest BCUT2D eigenvalue weighted by atomic mass is 10.1. The van der Waals surface area contributed by atoms with E-state index in [4.69, 9.17) is 5.73 Å². The van der Waals surface area contributed by atoms with E-state index in [0.717, 1.165) is 11.3 Å². The first-order valence-electron chi connectivity index (χ1n) is 3.99. The summed E-state index contributed by atoms with van der Waals surface area (Å²) >= 11 is 0. The Bertz CT molecular complexity index is 341. The minimum Gasteiger partial charge on any atom is -0.398 e. The molecule has 1 aliphatic heterocycles. The number of fused-ring (bicyclic) bond motifs is 1. The van der Waals surface area contributed by atoms with Crippen LogP contribution in [0, 0.1) is 0 Å². The molecule has 1 aromatic rings. The third-order valence-corrected chi connectivity index (χ3v) is 3.44. The molecule has 72 valence electrons. The second kappa shape index (κ2) is 2.80. The predicted molar refractivity (Wildman–Crippen MR) is 55.9 cm³/mol. The van der Waals surface area contributed by atoms with Crippen molar-refractivity contribution in [3.05, 3.63) is 23.8 Å². The van der Waals surface area contributed by atoms with Crippen LogP contribution in [0.4, 0.5) is 11.4 Å². The molecule has 0 saturated heterocycles. The number of rotatable bonds is 0. The van der Waals surface area contributed by atoms with Gasteiger partial charge < -0.3 is 5.73 Å². The van der Waals surface area contributed by atoms with Crippen LogP contribution in [0.1, 0.15) is 5.56 Å². The predicted octanol–water partition coefficient (Wildman–Crippen LogP) is 1.90. The zero-order valence-corrected chi connectivity index (χ0v) is 7.84. The van der Waals surface area contributed by atoms with Crippen molar-refractivity contribution in [1.82, 2.24) is 0 Å². The number of nitrogen functional groups attached to an aromatic ring is 1. The van der Waals surface area contributed by atoms with Gasteiger partial charge in [0.15, 0.2) is 0 Å². The molecule has 0 aliphatic carbocycles. The van der Waals surface area contributed by atoms with Gasteiger partial charge in [0, 0.05) is 11.3 Å². The SMILES string of the molecule is Nc1cccc2c1CCS(O)(O)N2. The first-order chi connectivity index (χ1) is 6.08. The third kappa shape index (κ3) is 1.58. The average molecular weight is 200 g/mol. The fraction of sp³-hybridized carbons (Fsp3) is 0.250. The molecule has 1 aromatic carbocycles. The topological polar surface area (TPSA) is 78.5 Å². The van der Waals surface area contributed by atoms with E-state index in [1.54, 1.807) is 12.1 Å². The lowest BCUT2D eigenvalue weighted by Gasteiger charge is -2.38. The van der Waals surface area contributed by atoms with Gasteiger partial charge in [-0.15, -0.1) is 10.8 Å². The van der Waals surface area contributed by atoms with Crippen LogP contribution in [0.25, 0.3) is 0 Å². The molecule has 13 heavy (non-hydrogen) atoms. The van der Waals surface area contributed by atoms with Crippen LogP contribution < -0.4 is 10.5 Å². The first kappa shape index (κ1) is 8.68. The number of anilines is 2. The van der Waals surface area contributed by atoms with Gasteiger partial charge >= 0.3 is 0 Å². The molecule has 0 spiro atoms. The fourth-order valence-electron chi connectivity index (χ4n) is 1.45. The van der Waals surface area contributed by atoms with Crippen LogP contribution >= 0.6 is 10.8 Å². The molecule has 0 radical (unpaired) electrons. The van der Waals surface area contributed by atoms with Gasteiger partial charge in [0.25, 0.3) is 0 Å². The van der Waals surface area contributed by atoms with E-state index in [-0.39, 0.29) is 0 Å². The number of benzene rings is 1. The Kier molecular flexibility index (Phi) is 1.87. The molecular weight excluding hydrogens is 188 g/mol. The smallest absolute Gasteiger partial charge is 0.0618 e. The second-order valence-corrected chi connectivity index (χ2v) is 5.04. The maximum atomic E-state index is 9.40. The molecule has 0 aromatic heterocycles. The molecular formula is C8H12N2O2S. The minimum absolute atomic E-state index is 0.341. The van der Waals surface area contributed by atoms with Crippen LogP contribution in [0.3, 0.4) is 0 Å². The Hall–Kier alpha value is -0.910. The number of nitrogens with two attached hydrogens (primary N) is 1.